The first-order chi connectivity index (χ1) is 9.31. The average Bonchev–Trinajstić information content (AvgIpc) is 2.46. The van der Waals surface area contributed by atoms with Crippen LogP contribution < -0.4 is 0 Å². The Bertz CT molecular complexity index is 358. The van der Waals surface area contributed by atoms with Crippen molar-refractivity contribution in [1.29, 1.82) is 0 Å². The van der Waals surface area contributed by atoms with E-state index in [0.717, 1.165) is 26.2 Å². The molecule has 1 aromatic rings. The summed E-state index contributed by atoms with van der Waals surface area (Å²) < 4.78 is 5.39. The first-order valence-corrected chi connectivity index (χ1v) is 6.97. The molecule has 1 aromatic carbocycles. The third-order valence-corrected chi connectivity index (χ3v) is 3.64. The van der Waals surface area contributed by atoms with E-state index in [4.69, 9.17) is 9.84 Å². The number of hydrogen-bond donors (Lipinski definition) is 1. The average molecular weight is 264 g/mol. The highest BCUT2D eigenvalue weighted by molar-refractivity contribution is 5.20. The second-order valence-corrected chi connectivity index (χ2v) is 5.06. The molecule has 2 rings (SSSR count). The Kier molecular flexibility index (Phi) is 5.79. The minimum atomic E-state index is 0.102. The number of aliphatic hydroxyl groups excluding tert-OH is 1. The van der Waals surface area contributed by atoms with Crippen molar-refractivity contribution >= 4 is 0 Å². The van der Waals surface area contributed by atoms with E-state index in [9.17, 15) is 0 Å². The molecule has 1 heterocycles. The molecule has 1 unspecified atom stereocenters. The highest BCUT2D eigenvalue weighted by Crippen LogP contribution is 2.24. The maximum atomic E-state index is 8.72. The molecular weight excluding hydrogens is 240 g/mol. The van der Waals surface area contributed by atoms with Gasteiger partial charge in [-0.3, -0.25) is 4.90 Å². The van der Waals surface area contributed by atoms with Gasteiger partial charge in [0.2, 0.25) is 0 Å². The Labute approximate surface area is 115 Å². The van der Waals surface area contributed by atoms with E-state index in [1.165, 1.54) is 5.56 Å². The van der Waals surface area contributed by atoms with Gasteiger partial charge in [-0.05, 0) is 12.6 Å². The molecule has 1 aliphatic heterocycles. The second-order valence-electron chi connectivity index (χ2n) is 5.06. The summed E-state index contributed by atoms with van der Waals surface area (Å²) in [5.74, 6) is 0. The van der Waals surface area contributed by atoms with Crippen LogP contribution >= 0.6 is 0 Å². The first-order valence-electron chi connectivity index (χ1n) is 6.97. The predicted octanol–water partition coefficient (Wildman–Crippen LogP) is 0.984. The topological polar surface area (TPSA) is 35.9 Å². The fraction of sp³-hybridized carbons (Fsp3) is 0.600. The number of ether oxygens (including phenoxy) is 1. The van der Waals surface area contributed by atoms with Gasteiger partial charge in [-0.25, -0.2) is 0 Å². The zero-order chi connectivity index (χ0) is 13.5. The Morgan fingerprint density at radius 2 is 2.00 bits per heavy atom. The molecule has 1 fully saturated rings. The lowest BCUT2D eigenvalue weighted by Gasteiger charge is -2.40. The van der Waals surface area contributed by atoms with Crippen LogP contribution in [0.15, 0.2) is 30.3 Å². The number of nitrogens with zero attached hydrogens (tertiary/aromatic N) is 2. The highest BCUT2D eigenvalue weighted by atomic mass is 16.5. The monoisotopic (exact) mass is 264 g/mol. The summed E-state index contributed by atoms with van der Waals surface area (Å²) in [6, 6.07) is 11.1. The fourth-order valence-electron chi connectivity index (χ4n) is 2.56. The summed E-state index contributed by atoms with van der Waals surface area (Å²) in [6.45, 7) is 5.38. The van der Waals surface area contributed by atoms with Crippen molar-refractivity contribution in [1.82, 2.24) is 9.80 Å². The maximum absolute atomic E-state index is 8.72. The van der Waals surface area contributed by atoms with Crippen molar-refractivity contribution in [2.24, 2.45) is 0 Å². The van der Waals surface area contributed by atoms with Gasteiger partial charge < -0.3 is 14.7 Å². The van der Waals surface area contributed by atoms with Crippen LogP contribution in [-0.2, 0) is 4.74 Å². The molecule has 106 valence electrons. The van der Waals surface area contributed by atoms with Crippen molar-refractivity contribution in [2.45, 2.75) is 6.04 Å². The van der Waals surface area contributed by atoms with Gasteiger partial charge in [0.25, 0.3) is 0 Å². The fourth-order valence-corrected chi connectivity index (χ4v) is 2.56. The van der Waals surface area contributed by atoms with Crippen LogP contribution in [0.1, 0.15) is 11.6 Å². The zero-order valence-corrected chi connectivity index (χ0v) is 11.7. The number of aliphatic hydroxyl groups is 1. The van der Waals surface area contributed by atoms with E-state index < -0.39 is 0 Å². The van der Waals surface area contributed by atoms with Crippen LogP contribution in [0.25, 0.3) is 0 Å². The molecule has 0 amide bonds. The smallest absolute Gasteiger partial charge is 0.0698 e. The predicted molar refractivity (Wildman–Crippen MR) is 76.2 cm³/mol. The second kappa shape index (κ2) is 7.60. The Hall–Kier alpha value is -0.940. The van der Waals surface area contributed by atoms with Crippen LogP contribution in [0.2, 0.25) is 0 Å². The van der Waals surface area contributed by atoms with Gasteiger partial charge in [0.05, 0.1) is 19.8 Å². The van der Waals surface area contributed by atoms with Crippen molar-refractivity contribution in [3.05, 3.63) is 35.9 Å². The summed E-state index contributed by atoms with van der Waals surface area (Å²) in [7, 11) is 2.18. The van der Waals surface area contributed by atoms with Crippen LogP contribution in [0.3, 0.4) is 0 Å². The maximum Gasteiger partial charge on any atom is 0.0698 e. The van der Waals surface area contributed by atoms with E-state index in [1.54, 1.807) is 0 Å². The third-order valence-electron chi connectivity index (χ3n) is 3.64. The number of benzene rings is 1. The van der Waals surface area contributed by atoms with Crippen LogP contribution in [0.5, 0.6) is 0 Å². The summed E-state index contributed by atoms with van der Waals surface area (Å²) >= 11 is 0. The molecule has 0 radical (unpaired) electrons. The third kappa shape index (κ3) is 4.28. The number of likely N-dealkylation sites (N-methyl/N-ethyl adjacent to an activating group) is 1. The minimum Gasteiger partial charge on any atom is -0.394 e. The quantitative estimate of drug-likeness (QED) is 0.777. The van der Waals surface area contributed by atoms with Crippen LogP contribution in [0, 0.1) is 0 Å². The van der Waals surface area contributed by atoms with Crippen molar-refractivity contribution in [3.63, 3.8) is 0 Å². The molecule has 1 N–H and O–H groups in total. The van der Waals surface area contributed by atoms with Gasteiger partial charge in [0, 0.05) is 32.2 Å². The van der Waals surface area contributed by atoms with Crippen LogP contribution in [0.4, 0.5) is 0 Å². The van der Waals surface area contributed by atoms with Crippen molar-refractivity contribution in [2.75, 3.05) is 53.0 Å². The van der Waals surface area contributed by atoms with Gasteiger partial charge in [-0.1, -0.05) is 30.3 Å². The normalized spacial score (nSPS) is 21.7. The van der Waals surface area contributed by atoms with Gasteiger partial charge in [-0.15, -0.1) is 0 Å². The van der Waals surface area contributed by atoms with Crippen LogP contribution in [-0.4, -0.2) is 68.0 Å². The Morgan fingerprint density at radius 1 is 1.21 bits per heavy atom. The largest absolute Gasteiger partial charge is 0.394 e. The number of rotatable bonds is 6. The molecule has 4 heteroatoms. The molecule has 0 spiro atoms. The lowest BCUT2D eigenvalue weighted by molar-refractivity contribution is 0.0367. The highest BCUT2D eigenvalue weighted by Gasteiger charge is 2.25. The molecule has 1 aliphatic rings. The minimum absolute atomic E-state index is 0.102. The summed E-state index contributed by atoms with van der Waals surface area (Å²) in [6.07, 6.45) is 0. The molecule has 1 atom stereocenters. The Balaban J connectivity index is 1.95. The Morgan fingerprint density at radius 3 is 2.74 bits per heavy atom. The molecule has 1 saturated heterocycles. The molecule has 4 nitrogen and oxygen atoms in total. The first kappa shape index (κ1) is 14.5. The molecule has 0 saturated carbocycles. The van der Waals surface area contributed by atoms with E-state index in [0.29, 0.717) is 19.3 Å². The SMILES string of the molecule is CN1CCN(CCOCCO)C(c2ccccc2)C1. The summed E-state index contributed by atoms with van der Waals surface area (Å²) in [5.41, 5.74) is 1.37. The van der Waals surface area contributed by atoms with Gasteiger partial charge >= 0.3 is 0 Å². The number of hydrogen-bond acceptors (Lipinski definition) is 4. The summed E-state index contributed by atoms with van der Waals surface area (Å²) in [4.78, 5) is 4.86. The van der Waals surface area contributed by atoms with Crippen molar-refractivity contribution < 1.29 is 9.84 Å². The van der Waals surface area contributed by atoms with Crippen molar-refractivity contribution in [3.8, 4) is 0 Å². The van der Waals surface area contributed by atoms with E-state index >= 15 is 0 Å². The van der Waals surface area contributed by atoms with E-state index in [2.05, 4.69) is 47.2 Å². The van der Waals surface area contributed by atoms with Gasteiger partial charge in [0.15, 0.2) is 0 Å². The van der Waals surface area contributed by atoms with E-state index in [-0.39, 0.29) is 6.61 Å². The molecule has 0 bridgehead atoms. The summed E-state index contributed by atoms with van der Waals surface area (Å²) in [5, 5.41) is 8.72. The lowest BCUT2D eigenvalue weighted by Crippen LogP contribution is -2.47. The molecule has 0 aromatic heterocycles. The lowest BCUT2D eigenvalue weighted by atomic mass is 10.0. The van der Waals surface area contributed by atoms with Gasteiger partial charge in [0.1, 0.15) is 0 Å². The number of piperazine rings is 1. The van der Waals surface area contributed by atoms with Gasteiger partial charge in [-0.2, -0.15) is 0 Å². The standard InChI is InChI=1S/C15H24N2O2/c1-16-7-8-17(9-11-19-12-10-18)15(13-16)14-5-3-2-4-6-14/h2-6,15,18H,7-13H2,1H3. The molecule has 19 heavy (non-hydrogen) atoms. The van der Waals surface area contributed by atoms with E-state index in [1.807, 2.05) is 0 Å². The zero-order valence-electron chi connectivity index (χ0n) is 11.7. The molecule has 0 aliphatic carbocycles. The molecular formula is C15H24N2O2.